The fourth-order valence-corrected chi connectivity index (χ4v) is 14.9. The van der Waals surface area contributed by atoms with Gasteiger partial charge in [0, 0.05) is 59.5 Å². The Kier molecular flexibility index (Phi) is 14.0. The molecule has 3 fully saturated rings. The van der Waals surface area contributed by atoms with Gasteiger partial charge in [0.25, 0.3) is 11.8 Å². The van der Waals surface area contributed by atoms with E-state index in [2.05, 4.69) is 118 Å². The second kappa shape index (κ2) is 20.4. The van der Waals surface area contributed by atoms with Crippen LogP contribution < -0.4 is 10.2 Å². The molecule has 0 radical (unpaired) electrons. The van der Waals surface area contributed by atoms with Crippen molar-refractivity contribution in [2.24, 2.45) is 46.3 Å². The van der Waals surface area contributed by atoms with Crippen molar-refractivity contribution in [3.05, 3.63) is 132 Å². The smallest absolute Gasteiger partial charge is 0.407 e. The molecule has 0 bridgehead atoms. The standard InChI is InChI=1S/C63H77N3O4/c1-42(2)17-15-18-43(3)55-33-34-56-52-30-27-45-41-49(35-37-62(45,4)57(52)36-38-63(55,56)5)70-61(69)64-39-13-6-7-14-40-65-59(67)53-24-16-23-51-50(31-32-54(58(51)53)60(65)68)44-25-28-48(29-26-44)66(47-21-11-12-22-47)46-19-9-8-10-20-46/h8-12,16,19-21,23-29,31-32,42-43,49,52,55-57H,6-7,13-15,17-18,22,30,33-41H2,1-5H3,(H,64,69)/t43-,49+,52+,55-,56+,57+,62+,63-/m1/s1. The monoisotopic (exact) mass is 940 g/mol. The number of carbonyl (C=O) groups excluding carboxylic acids is 3. The molecule has 6 aliphatic rings. The summed E-state index contributed by atoms with van der Waals surface area (Å²) in [6.07, 6.45) is 26.6. The van der Waals surface area contributed by atoms with Crippen LogP contribution >= 0.6 is 0 Å². The summed E-state index contributed by atoms with van der Waals surface area (Å²) < 4.78 is 6.08. The number of carbonyl (C=O) groups is 3. The zero-order valence-corrected chi connectivity index (χ0v) is 42.7. The van der Waals surface area contributed by atoms with Crippen LogP contribution in [0.2, 0.25) is 0 Å². The van der Waals surface area contributed by atoms with Crippen molar-refractivity contribution < 1.29 is 19.1 Å². The van der Waals surface area contributed by atoms with Crippen molar-refractivity contribution >= 4 is 40.1 Å². The van der Waals surface area contributed by atoms with Gasteiger partial charge in [-0.2, -0.15) is 0 Å². The van der Waals surface area contributed by atoms with E-state index in [0.29, 0.717) is 36.1 Å². The number of para-hydroxylation sites is 1. The highest BCUT2D eigenvalue weighted by Crippen LogP contribution is 2.67. The summed E-state index contributed by atoms with van der Waals surface area (Å²) in [6.45, 7) is 13.4. The number of nitrogens with one attached hydrogen (secondary N) is 1. The first-order valence-electron chi connectivity index (χ1n) is 27.3. The van der Waals surface area contributed by atoms with Gasteiger partial charge in [-0.05, 0) is 163 Å². The van der Waals surface area contributed by atoms with Crippen LogP contribution in [0.4, 0.5) is 16.2 Å². The lowest BCUT2D eigenvalue weighted by atomic mass is 9.47. The predicted molar refractivity (Wildman–Crippen MR) is 285 cm³/mol. The minimum absolute atomic E-state index is 0.0602. The molecule has 0 aromatic heterocycles. The van der Waals surface area contributed by atoms with Crippen LogP contribution in [0.1, 0.15) is 158 Å². The van der Waals surface area contributed by atoms with Crippen LogP contribution in [0.3, 0.4) is 0 Å². The highest BCUT2D eigenvalue weighted by atomic mass is 16.6. The maximum atomic E-state index is 14.0. The number of benzene rings is 4. The summed E-state index contributed by atoms with van der Waals surface area (Å²) in [5.41, 5.74) is 8.86. The molecule has 3 saturated carbocycles. The molecule has 0 unspecified atom stereocenters. The lowest BCUT2D eigenvalue weighted by Gasteiger charge is -2.58. The minimum atomic E-state index is -0.307. The molecule has 70 heavy (non-hydrogen) atoms. The molecule has 7 heteroatoms. The number of anilines is 2. The Balaban J connectivity index is 0.678. The van der Waals surface area contributed by atoms with Crippen molar-refractivity contribution in [2.45, 2.75) is 143 Å². The quantitative estimate of drug-likeness (QED) is 0.0648. The van der Waals surface area contributed by atoms with Gasteiger partial charge < -0.3 is 15.0 Å². The van der Waals surface area contributed by atoms with Crippen molar-refractivity contribution in [1.29, 1.82) is 0 Å². The molecule has 4 aromatic rings. The van der Waals surface area contributed by atoms with Gasteiger partial charge in [0.05, 0.1) is 0 Å². The number of amides is 3. The number of alkyl carbamates (subject to hydrolysis) is 1. The van der Waals surface area contributed by atoms with Gasteiger partial charge in [-0.1, -0.05) is 139 Å². The first-order valence-corrected chi connectivity index (χ1v) is 27.3. The van der Waals surface area contributed by atoms with Gasteiger partial charge in [0.1, 0.15) is 6.10 Å². The van der Waals surface area contributed by atoms with Crippen molar-refractivity contribution in [3.8, 4) is 11.1 Å². The summed E-state index contributed by atoms with van der Waals surface area (Å²) in [7, 11) is 0. The third-order valence-electron chi connectivity index (χ3n) is 18.6. The van der Waals surface area contributed by atoms with Gasteiger partial charge in [0.2, 0.25) is 0 Å². The molecule has 3 amide bonds. The molecule has 10 rings (SSSR count). The summed E-state index contributed by atoms with van der Waals surface area (Å²) in [4.78, 5) is 44.7. The minimum Gasteiger partial charge on any atom is -0.446 e. The Morgan fingerprint density at radius 1 is 0.771 bits per heavy atom. The zero-order valence-electron chi connectivity index (χ0n) is 42.7. The van der Waals surface area contributed by atoms with Crippen LogP contribution in [0, 0.1) is 46.3 Å². The molecule has 8 atom stereocenters. The Labute approximate surface area is 418 Å². The molecule has 7 nitrogen and oxygen atoms in total. The number of unbranched alkanes of at least 4 members (excludes halogenated alkanes) is 3. The second-order valence-corrected chi connectivity index (χ2v) is 23.1. The Morgan fingerprint density at radius 2 is 1.53 bits per heavy atom. The maximum Gasteiger partial charge on any atom is 0.407 e. The highest BCUT2D eigenvalue weighted by Gasteiger charge is 2.59. The maximum absolute atomic E-state index is 14.0. The molecular formula is C63H77N3O4. The van der Waals surface area contributed by atoms with Crippen LogP contribution in [0.25, 0.3) is 21.9 Å². The van der Waals surface area contributed by atoms with Gasteiger partial charge in [0.15, 0.2) is 0 Å². The summed E-state index contributed by atoms with van der Waals surface area (Å²) in [5.74, 6) is 4.45. The van der Waals surface area contributed by atoms with E-state index in [1.54, 1.807) is 5.57 Å². The number of ether oxygens (including phenoxy) is 1. The van der Waals surface area contributed by atoms with E-state index < -0.39 is 0 Å². The lowest BCUT2D eigenvalue weighted by molar-refractivity contribution is -0.0581. The SMILES string of the molecule is CC(C)CCC[C@@H](C)[C@H]1CC[C@H]2[C@@H]3CC=C4C[C@@H](OC(=O)NCCCCCCN5C(=O)c6cccc7c(-c8ccc(N(C9=CC=CC9)c9ccccc9)cc8)ccc(c67)C5=O)CC[C@]4(C)[C@H]3CC[C@]12C. The lowest BCUT2D eigenvalue weighted by Crippen LogP contribution is -2.51. The van der Waals surface area contributed by atoms with Gasteiger partial charge in [-0.3, -0.25) is 14.5 Å². The van der Waals surface area contributed by atoms with Crippen LogP contribution in [-0.2, 0) is 4.74 Å². The van der Waals surface area contributed by atoms with E-state index in [1.165, 1.54) is 62.0 Å². The molecule has 1 aliphatic heterocycles. The van der Waals surface area contributed by atoms with Gasteiger partial charge in [-0.15, -0.1) is 0 Å². The summed E-state index contributed by atoms with van der Waals surface area (Å²) in [6, 6.07) is 28.7. The Bertz CT molecular complexity index is 2640. The van der Waals surface area contributed by atoms with E-state index in [4.69, 9.17) is 4.74 Å². The molecule has 4 aromatic carbocycles. The topological polar surface area (TPSA) is 79.0 Å². The van der Waals surface area contributed by atoms with Crippen molar-refractivity contribution in [2.75, 3.05) is 18.0 Å². The molecular weight excluding hydrogens is 863 g/mol. The highest BCUT2D eigenvalue weighted by molar-refractivity contribution is 6.27. The number of rotatable bonds is 17. The summed E-state index contributed by atoms with van der Waals surface area (Å²) >= 11 is 0. The molecule has 368 valence electrons. The number of hydrogen-bond acceptors (Lipinski definition) is 5. The van der Waals surface area contributed by atoms with E-state index >= 15 is 0 Å². The number of imide groups is 1. The second-order valence-electron chi connectivity index (χ2n) is 23.1. The summed E-state index contributed by atoms with van der Waals surface area (Å²) in [5, 5.41) is 4.67. The molecule has 1 N–H and O–H groups in total. The first kappa shape index (κ1) is 48.2. The van der Waals surface area contributed by atoms with Gasteiger partial charge in [-0.25, -0.2) is 4.79 Å². The number of hydrogen-bond donors (Lipinski definition) is 1. The fraction of sp³-hybridized carbons (Fsp3) is 0.508. The number of nitrogens with zero attached hydrogens (tertiary/aromatic N) is 2. The first-order chi connectivity index (χ1) is 33.9. The normalized spacial score (nSPS) is 27.2. The largest absolute Gasteiger partial charge is 0.446 e. The number of allylic oxidation sites excluding steroid dienone is 4. The Morgan fingerprint density at radius 3 is 2.30 bits per heavy atom. The van der Waals surface area contributed by atoms with E-state index in [0.717, 1.165) is 114 Å². The third-order valence-corrected chi connectivity index (χ3v) is 18.6. The zero-order chi connectivity index (χ0) is 48.6. The average molecular weight is 940 g/mol. The molecule has 0 spiro atoms. The van der Waals surface area contributed by atoms with E-state index in [9.17, 15) is 14.4 Å². The fourth-order valence-electron chi connectivity index (χ4n) is 14.9. The molecule has 5 aliphatic carbocycles. The average Bonchev–Trinajstić information content (AvgIpc) is 4.02. The third kappa shape index (κ3) is 9.20. The number of fused-ring (bicyclic) bond motifs is 5. The molecule has 0 saturated heterocycles. The van der Waals surface area contributed by atoms with Crippen molar-refractivity contribution in [3.63, 3.8) is 0 Å². The predicted octanol–water partition coefficient (Wildman–Crippen LogP) is 15.8. The van der Waals surface area contributed by atoms with E-state index in [1.807, 2.05) is 36.4 Å². The van der Waals surface area contributed by atoms with Crippen molar-refractivity contribution in [1.82, 2.24) is 10.2 Å². The Hall–Kier alpha value is -5.43. The van der Waals surface area contributed by atoms with Crippen LogP contribution in [-0.4, -0.2) is 42.0 Å². The van der Waals surface area contributed by atoms with Crippen LogP contribution in [0.15, 0.2) is 121 Å². The van der Waals surface area contributed by atoms with Crippen LogP contribution in [0.5, 0.6) is 0 Å². The molecule has 1 heterocycles. The van der Waals surface area contributed by atoms with Gasteiger partial charge >= 0.3 is 6.09 Å². The van der Waals surface area contributed by atoms with E-state index in [-0.39, 0.29) is 29.4 Å².